The molecule has 0 bridgehead atoms. The van der Waals surface area contributed by atoms with Gasteiger partial charge in [-0.2, -0.15) is 0 Å². The molecular formula is C20H18ClN5O2. The molecule has 3 aromatic rings. The summed E-state index contributed by atoms with van der Waals surface area (Å²) >= 11 is 6.11. The number of rotatable bonds is 5. The highest BCUT2D eigenvalue weighted by Crippen LogP contribution is 2.24. The van der Waals surface area contributed by atoms with E-state index >= 15 is 0 Å². The molecule has 0 radical (unpaired) electrons. The number of halogens is 1. The van der Waals surface area contributed by atoms with Gasteiger partial charge in [-0.25, -0.2) is 9.97 Å². The first kappa shape index (κ1) is 19.3. The molecule has 2 aromatic carbocycles. The molecule has 1 heterocycles. The van der Waals surface area contributed by atoms with Gasteiger partial charge in [-0.05, 0) is 42.8 Å². The Balaban J connectivity index is 1.68. The fourth-order valence-corrected chi connectivity index (χ4v) is 2.63. The fourth-order valence-electron chi connectivity index (χ4n) is 2.45. The molecular weight excluding hydrogens is 378 g/mol. The second-order valence-electron chi connectivity index (χ2n) is 6.05. The summed E-state index contributed by atoms with van der Waals surface area (Å²) < 4.78 is 0. The topological polar surface area (TPSA) is 96.0 Å². The fraction of sp³-hybridized carbons (Fsp3) is 0.100. The molecule has 0 unspecified atom stereocenters. The van der Waals surface area contributed by atoms with Gasteiger partial charge in [0.05, 0.1) is 5.56 Å². The van der Waals surface area contributed by atoms with Gasteiger partial charge >= 0.3 is 0 Å². The van der Waals surface area contributed by atoms with Crippen LogP contribution in [0.3, 0.4) is 0 Å². The number of carbonyl (C=O) groups excluding carboxylic acids is 2. The van der Waals surface area contributed by atoms with E-state index in [0.717, 1.165) is 11.3 Å². The molecule has 3 rings (SSSR count). The first-order chi connectivity index (χ1) is 13.4. The summed E-state index contributed by atoms with van der Waals surface area (Å²) in [6, 6.07) is 12.4. The van der Waals surface area contributed by atoms with Crippen LogP contribution in [0.2, 0.25) is 5.02 Å². The second kappa shape index (κ2) is 8.49. The Labute approximate surface area is 167 Å². The van der Waals surface area contributed by atoms with Crippen LogP contribution in [0.4, 0.5) is 23.0 Å². The molecule has 0 aliphatic carbocycles. The van der Waals surface area contributed by atoms with Gasteiger partial charge in [-0.3, -0.25) is 9.59 Å². The lowest BCUT2D eigenvalue weighted by Crippen LogP contribution is -2.13. The Morgan fingerprint density at radius 1 is 0.964 bits per heavy atom. The number of carbonyl (C=O) groups is 2. The van der Waals surface area contributed by atoms with E-state index in [-0.39, 0.29) is 11.8 Å². The quantitative estimate of drug-likeness (QED) is 0.595. The van der Waals surface area contributed by atoms with E-state index in [4.69, 9.17) is 11.6 Å². The van der Waals surface area contributed by atoms with Crippen molar-refractivity contribution in [2.24, 2.45) is 0 Å². The molecule has 0 fully saturated rings. The van der Waals surface area contributed by atoms with Crippen LogP contribution in [-0.4, -0.2) is 21.8 Å². The number of hydrogen-bond donors (Lipinski definition) is 3. The third-order valence-electron chi connectivity index (χ3n) is 3.87. The predicted octanol–water partition coefficient (Wildman–Crippen LogP) is 4.39. The van der Waals surface area contributed by atoms with E-state index in [9.17, 15) is 9.59 Å². The summed E-state index contributed by atoms with van der Waals surface area (Å²) in [6.45, 7) is 3.31. The van der Waals surface area contributed by atoms with Crippen LogP contribution in [0.25, 0.3) is 0 Å². The molecule has 0 atom stereocenters. The summed E-state index contributed by atoms with van der Waals surface area (Å²) in [4.78, 5) is 31.9. The van der Waals surface area contributed by atoms with Gasteiger partial charge in [0.2, 0.25) is 11.9 Å². The molecule has 1 aromatic heterocycles. The van der Waals surface area contributed by atoms with E-state index in [1.807, 2.05) is 19.1 Å². The van der Waals surface area contributed by atoms with Crippen molar-refractivity contribution in [2.45, 2.75) is 13.8 Å². The zero-order valence-corrected chi connectivity index (χ0v) is 16.0. The molecule has 7 nitrogen and oxygen atoms in total. The van der Waals surface area contributed by atoms with Crippen LogP contribution in [0.5, 0.6) is 0 Å². The van der Waals surface area contributed by atoms with Gasteiger partial charge in [-0.1, -0.05) is 23.7 Å². The van der Waals surface area contributed by atoms with Crippen molar-refractivity contribution in [3.63, 3.8) is 0 Å². The van der Waals surface area contributed by atoms with Crippen molar-refractivity contribution in [1.29, 1.82) is 0 Å². The maximum atomic E-state index is 12.4. The molecule has 0 saturated heterocycles. The monoisotopic (exact) mass is 395 g/mol. The van der Waals surface area contributed by atoms with Gasteiger partial charge in [0.25, 0.3) is 5.91 Å². The average molecular weight is 396 g/mol. The standard InChI is InChI=1S/C20H18ClN5O2/c1-12-17(21)7-4-8-18(12)26-20-22-10-14(11-23-20)19(28)25-16-6-3-5-15(9-16)24-13(2)27/h3-11H,1-2H3,(H,24,27)(H,25,28)(H,22,23,26). The Morgan fingerprint density at radius 2 is 1.61 bits per heavy atom. The van der Waals surface area contributed by atoms with E-state index in [1.54, 1.807) is 30.3 Å². The van der Waals surface area contributed by atoms with Crippen LogP contribution in [-0.2, 0) is 4.79 Å². The Hall–Kier alpha value is -3.45. The van der Waals surface area contributed by atoms with Gasteiger partial charge in [-0.15, -0.1) is 0 Å². The first-order valence-corrected chi connectivity index (χ1v) is 8.83. The summed E-state index contributed by atoms with van der Waals surface area (Å²) in [7, 11) is 0. The van der Waals surface area contributed by atoms with Crippen molar-refractivity contribution in [1.82, 2.24) is 9.97 Å². The molecule has 2 amide bonds. The Kier molecular flexibility index (Phi) is 5.86. The number of amides is 2. The van der Waals surface area contributed by atoms with E-state index in [2.05, 4.69) is 25.9 Å². The SMILES string of the molecule is CC(=O)Nc1cccc(NC(=O)c2cnc(Nc3cccc(Cl)c3C)nc2)c1. The third kappa shape index (κ3) is 4.83. The lowest BCUT2D eigenvalue weighted by atomic mass is 10.2. The largest absolute Gasteiger partial charge is 0.326 e. The highest BCUT2D eigenvalue weighted by atomic mass is 35.5. The molecule has 0 saturated carbocycles. The maximum absolute atomic E-state index is 12.4. The van der Waals surface area contributed by atoms with Gasteiger partial charge in [0.1, 0.15) is 0 Å². The van der Waals surface area contributed by atoms with Crippen molar-refractivity contribution in [2.75, 3.05) is 16.0 Å². The van der Waals surface area contributed by atoms with Crippen molar-refractivity contribution in [3.05, 3.63) is 71.0 Å². The minimum absolute atomic E-state index is 0.185. The highest BCUT2D eigenvalue weighted by molar-refractivity contribution is 6.31. The van der Waals surface area contributed by atoms with E-state index in [0.29, 0.717) is 27.9 Å². The van der Waals surface area contributed by atoms with E-state index < -0.39 is 0 Å². The van der Waals surface area contributed by atoms with Crippen LogP contribution >= 0.6 is 11.6 Å². The van der Waals surface area contributed by atoms with E-state index in [1.165, 1.54) is 19.3 Å². The second-order valence-corrected chi connectivity index (χ2v) is 6.46. The summed E-state index contributed by atoms with van der Waals surface area (Å²) in [5.74, 6) is -0.185. The number of benzene rings is 2. The minimum atomic E-state index is -0.356. The van der Waals surface area contributed by atoms with Gasteiger partial charge in [0, 0.05) is 41.4 Å². The van der Waals surface area contributed by atoms with Crippen LogP contribution in [0, 0.1) is 6.92 Å². The lowest BCUT2D eigenvalue weighted by molar-refractivity contribution is -0.114. The van der Waals surface area contributed by atoms with Gasteiger partial charge < -0.3 is 16.0 Å². The molecule has 0 spiro atoms. The number of nitrogens with zero attached hydrogens (tertiary/aromatic N) is 2. The highest BCUT2D eigenvalue weighted by Gasteiger charge is 2.09. The number of nitrogens with one attached hydrogen (secondary N) is 3. The Morgan fingerprint density at radius 3 is 2.29 bits per heavy atom. The van der Waals surface area contributed by atoms with Crippen molar-refractivity contribution in [3.8, 4) is 0 Å². The number of aromatic nitrogens is 2. The Bertz CT molecular complexity index is 1020. The molecule has 0 aliphatic heterocycles. The smallest absolute Gasteiger partial charge is 0.258 e. The summed E-state index contributed by atoms with van der Waals surface area (Å²) in [5, 5.41) is 9.13. The lowest BCUT2D eigenvalue weighted by Gasteiger charge is -2.10. The predicted molar refractivity (Wildman–Crippen MR) is 110 cm³/mol. The normalized spacial score (nSPS) is 10.2. The summed E-state index contributed by atoms with van der Waals surface area (Å²) in [6.07, 6.45) is 2.87. The zero-order valence-electron chi connectivity index (χ0n) is 15.3. The van der Waals surface area contributed by atoms with Gasteiger partial charge in [0.15, 0.2) is 0 Å². The van der Waals surface area contributed by atoms with Crippen molar-refractivity contribution >= 4 is 46.4 Å². The average Bonchev–Trinajstić information content (AvgIpc) is 2.66. The zero-order chi connectivity index (χ0) is 20.1. The minimum Gasteiger partial charge on any atom is -0.326 e. The van der Waals surface area contributed by atoms with Crippen LogP contribution in [0.15, 0.2) is 54.9 Å². The maximum Gasteiger partial charge on any atom is 0.258 e. The molecule has 0 aliphatic rings. The number of anilines is 4. The molecule has 8 heteroatoms. The number of hydrogen-bond acceptors (Lipinski definition) is 5. The third-order valence-corrected chi connectivity index (χ3v) is 4.28. The molecule has 28 heavy (non-hydrogen) atoms. The van der Waals surface area contributed by atoms with Crippen LogP contribution in [0.1, 0.15) is 22.8 Å². The summed E-state index contributed by atoms with van der Waals surface area (Å²) in [5.41, 5.74) is 3.12. The molecule has 142 valence electrons. The molecule has 3 N–H and O–H groups in total. The first-order valence-electron chi connectivity index (χ1n) is 8.45. The van der Waals surface area contributed by atoms with Crippen molar-refractivity contribution < 1.29 is 9.59 Å². The van der Waals surface area contributed by atoms with Crippen LogP contribution < -0.4 is 16.0 Å².